The van der Waals surface area contributed by atoms with Crippen molar-refractivity contribution in [1.29, 1.82) is 0 Å². The number of ether oxygens (including phenoxy) is 2. The Bertz CT molecular complexity index is 1250. The summed E-state index contributed by atoms with van der Waals surface area (Å²) in [4.78, 5) is 107. The molecule has 5 atom stereocenters. The molecule has 5 rings (SSSR count). The third-order valence-corrected chi connectivity index (χ3v) is 9.80. The molecule has 0 aromatic rings. The smallest absolute Gasteiger partial charge is 0.335 e. The van der Waals surface area contributed by atoms with Gasteiger partial charge in [0.1, 0.15) is 0 Å². The fourth-order valence-corrected chi connectivity index (χ4v) is 7.70. The second-order valence-electron chi connectivity index (χ2n) is 13.0. The van der Waals surface area contributed by atoms with Crippen LogP contribution >= 0.6 is 0 Å². The van der Waals surface area contributed by atoms with Crippen molar-refractivity contribution in [3.05, 3.63) is 0 Å². The van der Waals surface area contributed by atoms with Crippen LogP contribution in [0.15, 0.2) is 0 Å². The van der Waals surface area contributed by atoms with E-state index in [9.17, 15) is 38.4 Å². The van der Waals surface area contributed by atoms with Crippen LogP contribution in [0.4, 0.5) is 0 Å². The highest BCUT2D eigenvalue weighted by molar-refractivity contribution is 6.02. The lowest BCUT2D eigenvalue weighted by molar-refractivity contribution is -0.198. The second-order valence-corrected chi connectivity index (χ2v) is 13.0. The SMILES string of the molecule is O=C(CCOCCNC(=O)C1CC2(C(=O)NCCOCCC(=O)ON3C(=O)CCC3=O)CC3CCC1C(C3)C2)ON1C(=O)CCC1=O. The van der Waals surface area contributed by atoms with Gasteiger partial charge in [0.2, 0.25) is 11.8 Å². The van der Waals surface area contributed by atoms with E-state index in [2.05, 4.69) is 10.6 Å². The average Bonchev–Trinajstić information content (AvgIpc) is 3.53. The Kier molecular flexibility index (Phi) is 11.2. The minimum absolute atomic E-state index is 0.00143. The van der Waals surface area contributed by atoms with Crippen molar-refractivity contribution < 1.29 is 57.5 Å². The summed E-state index contributed by atoms with van der Waals surface area (Å²) in [7, 11) is 0. The summed E-state index contributed by atoms with van der Waals surface area (Å²) in [5.74, 6) is -3.25. The molecule has 3 aliphatic carbocycles. The van der Waals surface area contributed by atoms with Gasteiger partial charge in [-0.05, 0) is 49.9 Å². The Morgan fingerprint density at radius 1 is 0.681 bits per heavy atom. The second kappa shape index (κ2) is 15.3. The fraction of sp³-hybridized carbons (Fsp3) is 0.742. The average molecular weight is 663 g/mol. The number of fused-ring (bicyclic) bond motifs is 2. The molecule has 5 unspecified atom stereocenters. The van der Waals surface area contributed by atoms with Crippen LogP contribution in [-0.4, -0.2) is 97.0 Å². The van der Waals surface area contributed by atoms with Crippen LogP contribution in [-0.2, 0) is 57.5 Å². The Hall–Kier alpha value is -3.92. The molecule has 16 nitrogen and oxygen atoms in total. The lowest BCUT2D eigenvalue weighted by Crippen LogP contribution is -2.57. The van der Waals surface area contributed by atoms with Crippen LogP contribution in [0, 0.1) is 29.1 Å². The molecule has 2 N–H and O–H groups in total. The molecule has 258 valence electrons. The van der Waals surface area contributed by atoms with E-state index in [1.165, 1.54) is 0 Å². The zero-order chi connectivity index (χ0) is 33.6. The van der Waals surface area contributed by atoms with Gasteiger partial charge in [-0.1, -0.05) is 6.42 Å². The Morgan fingerprint density at radius 2 is 1.21 bits per heavy atom. The molecule has 0 aromatic carbocycles. The van der Waals surface area contributed by atoms with E-state index >= 15 is 0 Å². The van der Waals surface area contributed by atoms with Crippen LogP contribution in [0.2, 0.25) is 0 Å². The first-order valence-electron chi connectivity index (χ1n) is 16.4. The van der Waals surface area contributed by atoms with Crippen molar-refractivity contribution in [2.75, 3.05) is 39.5 Å². The predicted octanol–water partition coefficient (Wildman–Crippen LogP) is 0.0792. The van der Waals surface area contributed by atoms with Crippen molar-refractivity contribution in [1.82, 2.24) is 20.8 Å². The molecule has 47 heavy (non-hydrogen) atoms. The highest BCUT2D eigenvalue weighted by Gasteiger charge is 2.57. The summed E-state index contributed by atoms with van der Waals surface area (Å²) >= 11 is 0. The first kappa shape index (κ1) is 34.4. The monoisotopic (exact) mass is 662 g/mol. The first-order chi connectivity index (χ1) is 22.6. The minimum atomic E-state index is -0.757. The van der Waals surface area contributed by atoms with E-state index in [0.29, 0.717) is 28.4 Å². The lowest BCUT2D eigenvalue weighted by atomic mass is 9.48. The Balaban J connectivity index is 1.00. The molecule has 5 aliphatic rings. The number of carbonyl (C=O) groups is 8. The number of carbonyl (C=O) groups excluding carboxylic acids is 8. The number of hydrogen-bond acceptors (Lipinski definition) is 12. The summed E-state index contributed by atoms with van der Waals surface area (Å²) in [5.41, 5.74) is -0.639. The third kappa shape index (κ3) is 8.33. The van der Waals surface area contributed by atoms with Gasteiger partial charge in [0.15, 0.2) is 0 Å². The van der Waals surface area contributed by atoms with Gasteiger partial charge in [-0.2, -0.15) is 0 Å². The summed E-state index contributed by atoms with van der Waals surface area (Å²) < 4.78 is 10.9. The van der Waals surface area contributed by atoms with Crippen LogP contribution in [0.5, 0.6) is 0 Å². The number of hydrogen-bond donors (Lipinski definition) is 2. The zero-order valence-electron chi connectivity index (χ0n) is 26.3. The molecule has 6 amide bonds. The van der Waals surface area contributed by atoms with E-state index in [1.807, 2.05) is 0 Å². The molecular formula is C31H42N4O12. The highest BCUT2D eigenvalue weighted by atomic mass is 16.7. The van der Waals surface area contributed by atoms with Crippen LogP contribution in [0.3, 0.4) is 0 Å². The van der Waals surface area contributed by atoms with E-state index in [4.69, 9.17) is 19.1 Å². The van der Waals surface area contributed by atoms with Gasteiger partial charge in [0.25, 0.3) is 23.6 Å². The van der Waals surface area contributed by atoms with Crippen LogP contribution in [0.1, 0.15) is 77.0 Å². The maximum atomic E-state index is 13.6. The maximum Gasteiger partial charge on any atom is 0.335 e. The van der Waals surface area contributed by atoms with E-state index in [1.54, 1.807) is 0 Å². The number of imide groups is 2. The van der Waals surface area contributed by atoms with Gasteiger partial charge in [-0.25, -0.2) is 9.59 Å². The normalized spacial score (nSPS) is 28.1. The largest absolute Gasteiger partial charge is 0.379 e. The fourth-order valence-electron chi connectivity index (χ4n) is 7.70. The van der Waals surface area contributed by atoms with Gasteiger partial charge in [0, 0.05) is 44.7 Å². The molecule has 3 bridgehead atoms. The van der Waals surface area contributed by atoms with Gasteiger partial charge in [0.05, 0.1) is 44.7 Å². The van der Waals surface area contributed by atoms with Crippen molar-refractivity contribution in [3.8, 4) is 0 Å². The molecule has 16 heteroatoms. The first-order valence-corrected chi connectivity index (χ1v) is 16.4. The summed E-state index contributed by atoms with van der Waals surface area (Å²) in [5, 5.41) is 6.89. The summed E-state index contributed by atoms with van der Waals surface area (Å²) in [6.45, 7) is 0.756. The van der Waals surface area contributed by atoms with Crippen LogP contribution < -0.4 is 10.6 Å². The Morgan fingerprint density at radius 3 is 1.77 bits per heavy atom. The van der Waals surface area contributed by atoms with Crippen LogP contribution in [0.25, 0.3) is 0 Å². The zero-order valence-corrected chi connectivity index (χ0v) is 26.3. The Labute approximate surface area is 271 Å². The number of amides is 6. The van der Waals surface area contributed by atoms with Gasteiger partial charge >= 0.3 is 11.9 Å². The number of rotatable bonds is 16. The van der Waals surface area contributed by atoms with Gasteiger partial charge < -0.3 is 29.8 Å². The molecule has 0 spiro atoms. The topological polar surface area (TPSA) is 204 Å². The third-order valence-electron chi connectivity index (χ3n) is 9.80. The highest BCUT2D eigenvalue weighted by Crippen LogP contribution is 2.60. The molecule has 5 fully saturated rings. The standard InChI is InChI=1S/C31H42N4O12/c36-23-3-4-24(37)34(23)46-27(40)7-11-44-13-9-32-29(42)22-18-31(16-19-1-2-21(22)20(15-19)17-31)30(43)33-10-14-45-12-8-28(41)47-35-25(38)5-6-26(35)39/h19-22H,1-18H2,(H,32,42)(H,33,43). The molecule has 2 aliphatic heterocycles. The number of hydroxylamine groups is 4. The van der Waals surface area contributed by atoms with E-state index in [0.717, 1.165) is 32.1 Å². The van der Waals surface area contributed by atoms with E-state index < -0.39 is 41.0 Å². The van der Waals surface area contributed by atoms with E-state index in [-0.39, 0.29) is 102 Å². The molecule has 3 saturated carbocycles. The quantitative estimate of drug-likeness (QED) is 0.167. The molecular weight excluding hydrogens is 620 g/mol. The number of nitrogens with one attached hydrogen (secondary N) is 2. The lowest BCUT2D eigenvalue weighted by Gasteiger charge is -2.56. The van der Waals surface area contributed by atoms with Gasteiger partial charge in [-0.3, -0.25) is 28.8 Å². The number of nitrogens with zero attached hydrogens (tertiary/aromatic N) is 2. The van der Waals surface area contributed by atoms with Crippen molar-refractivity contribution in [2.45, 2.75) is 77.0 Å². The van der Waals surface area contributed by atoms with Crippen molar-refractivity contribution in [3.63, 3.8) is 0 Å². The molecule has 2 heterocycles. The molecule has 0 aromatic heterocycles. The van der Waals surface area contributed by atoms with Crippen molar-refractivity contribution >= 4 is 47.4 Å². The molecule has 2 saturated heterocycles. The summed E-state index contributed by atoms with van der Waals surface area (Å²) in [6, 6.07) is 0. The predicted molar refractivity (Wildman–Crippen MR) is 155 cm³/mol. The van der Waals surface area contributed by atoms with Crippen molar-refractivity contribution in [2.24, 2.45) is 29.1 Å². The minimum Gasteiger partial charge on any atom is -0.379 e. The molecule has 0 radical (unpaired) electrons. The van der Waals surface area contributed by atoms with Gasteiger partial charge in [-0.15, -0.1) is 10.1 Å². The maximum absolute atomic E-state index is 13.6. The summed E-state index contributed by atoms with van der Waals surface area (Å²) in [6.07, 6.45) is 4.67.